The lowest BCUT2D eigenvalue weighted by Crippen LogP contribution is -2.25. The summed E-state index contributed by atoms with van der Waals surface area (Å²) >= 11 is 0. The van der Waals surface area contributed by atoms with Crippen molar-refractivity contribution in [2.45, 2.75) is 19.4 Å². The van der Waals surface area contributed by atoms with E-state index in [4.69, 9.17) is 15.5 Å². The average Bonchev–Trinajstić information content (AvgIpc) is 3.28. The van der Waals surface area contributed by atoms with Crippen molar-refractivity contribution in [3.05, 3.63) is 54.2 Å². The molecule has 1 aromatic heterocycles. The Morgan fingerprint density at radius 1 is 1.10 bits per heavy atom. The normalized spacial score (nSPS) is 15.5. The minimum absolute atomic E-state index is 0.569. The fraction of sp³-hybridized carbons (Fsp3) is 0.333. The molecule has 0 atom stereocenters. The maximum absolute atomic E-state index is 5.98. The third-order valence-corrected chi connectivity index (χ3v) is 5.96. The zero-order chi connectivity index (χ0) is 21.2. The van der Waals surface area contributed by atoms with Crippen molar-refractivity contribution >= 4 is 23.0 Å². The molecule has 5 rings (SSSR count). The van der Waals surface area contributed by atoms with Gasteiger partial charge < -0.3 is 20.7 Å². The van der Waals surface area contributed by atoms with Gasteiger partial charge in [-0.2, -0.15) is 0 Å². The summed E-state index contributed by atoms with van der Waals surface area (Å²) in [5.74, 6) is 1.45. The molecule has 3 heterocycles. The van der Waals surface area contributed by atoms with Gasteiger partial charge in [-0.3, -0.25) is 4.90 Å². The molecule has 7 heteroatoms. The van der Waals surface area contributed by atoms with Crippen molar-refractivity contribution in [1.29, 1.82) is 0 Å². The second kappa shape index (κ2) is 8.43. The van der Waals surface area contributed by atoms with Gasteiger partial charge in [0.1, 0.15) is 12.4 Å². The lowest BCUT2D eigenvalue weighted by Gasteiger charge is -2.28. The quantitative estimate of drug-likeness (QED) is 0.590. The number of ether oxygens (including phenoxy) is 1. The van der Waals surface area contributed by atoms with Crippen molar-refractivity contribution in [3.8, 4) is 17.0 Å². The molecule has 0 amide bonds. The Bertz CT molecular complexity index is 1060. The van der Waals surface area contributed by atoms with Crippen LogP contribution in [0.25, 0.3) is 11.3 Å². The zero-order valence-corrected chi connectivity index (χ0v) is 17.8. The van der Waals surface area contributed by atoms with E-state index in [0.29, 0.717) is 5.95 Å². The number of nitrogen functional groups attached to an aromatic ring is 1. The van der Waals surface area contributed by atoms with Crippen LogP contribution < -0.4 is 20.7 Å². The van der Waals surface area contributed by atoms with Gasteiger partial charge in [0.05, 0.1) is 17.6 Å². The summed E-state index contributed by atoms with van der Waals surface area (Å²) in [6, 6.07) is 13.9. The Balaban J connectivity index is 1.27. The van der Waals surface area contributed by atoms with Crippen LogP contribution >= 0.6 is 0 Å². The largest absolute Gasteiger partial charge is 0.492 e. The molecule has 2 aromatic carbocycles. The molecule has 160 valence electrons. The number of nitrogens with two attached hydrogens (primary N) is 1. The van der Waals surface area contributed by atoms with Crippen LogP contribution in [0.5, 0.6) is 5.75 Å². The van der Waals surface area contributed by atoms with Crippen LogP contribution in [0.1, 0.15) is 18.4 Å². The van der Waals surface area contributed by atoms with E-state index in [9.17, 15) is 0 Å². The van der Waals surface area contributed by atoms with Gasteiger partial charge in [0.2, 0.25) is 5.95 Å². The second-order valence-corrected chi connectivity index (χ2v) is 8.25. The van der Waals surface area contributed by atoms with Crippen LogP contribution in [0.3, 0.4) is 0 Å². The lowest BCUT2D eigenvalue weighted by atomic mass is 9.98. The van der Waals surface area contributed by atoms with Gasteiger partial charge in [0.25, 0.3) is 0 Å². The minimum atomic E-state index is 0.569. The fourth-order valence-electron chi connectivity index (χ4n) is 4.29. The Hall–Kier alpha value is -3.32. The van der Waals surface area contributed by atoms with E-state index in [1.54, 1.807) is 0 Å². The zero-order valence-electron chi connectivity index (χ0n) is 17.8. The summed E-state index contributed by atoms with van der Waals surface area (Å²) in [5.41, 5.74) is 11.9. The number of anilines is 4. The molecule has 31 heavy (non-hydrogen) atoms. The third kappa shape index (κ3) is 4.27. The first-order chi connectivity index (χ1) is 15.2. The van der Waals surface area contributed by atoms with Crippen molar-refractivity contribution in [2.75, 3.05) is 49.2 Å². The summed E-state index contributed by atoms with van der Waals surface area (Å²) in [6.45, 7) is 4.90. The number of benzene rings is 2. The molecule has 3 N–H and O–H groups in total. The molecule has 0 saturated carbocycles. The molecule has 7 nitrogen and oxygen atoms in total. The van der Waals surface area contributed by atoms with Crippen LogP contribution in [0.4, 0.5) is 23.0 Å². The van der Waals surface area contributed by atoms with Gasteiger partial charge in [-0.15, -0.1) is 0 Å². The monoisotopic (exact) mass is 416 g/mol. The number of nitrogens with one attached hydrogen (secondary N) is 1. The van der Waals surface area contributed by atoms with Crippen LogP contribution in [0, 0.1) is 0 Å². The number of hydrogen-bond acceptors (Lipinski definition) is 7. The third-order valence-electron chi connectivity index (χ3n) is 5.96. The summed E-state index contributed by atoms with van der Waals surface area (Å²) < 4.78 is 5.89. The standard InChI is InChI=1S/C24H28N6O/c1-29-16-17-14-18(25)4-9-21(17)23-22(29)15-26-24(28-23)27-19-5-7-20(8-6-19)31-13-12-30-10-2-3-11-30/h4-9,14-15H,2-3,10-13,16,25H2,1H3,(H,26,27,28). The lowest BCUT2D eigenvalue weighted by molar-refractivity contribution is 0.238. The first kappa shape index (κ1) is 19.6. The number of fused-ring (bicyclic) bond motifs is 3. The van der Waals surface area contributed by atoms with Crippen molar-refractivity contribution < 1.29 is 4.74 Å². The highest BCUT2D eigenvalue weighted by molar-refractivity contribution is 5.82. The van der Waals surface area contributed by atoms with E-state index in [1.807, 2.05) is 55.7 Å². The molecule has 1 fully saturated rings. The Kier molecular flexibility index (Phi) is 5.34. The fourth-order valence-corrected chi connectivity index (χ4v) is 4.29. The summed E-state index contributed by atoms with van der Waals surface area (Å²) in [6.07, 6.45) is 4.49. The van der Waals surface area contributed by atoms with Gasteiger partial charge in [0, 0.05) is 37.1 Å². The number of rotatable bonds is 6. The SMILES string of the molecule is CN1Cc2cc(N)ccc2-c2nc(Nc3ccc(OCCN4CCCC4)cc3)ncc21. The molecule has 0 aliphatic carbocycles. The van der Waals surface area contributed by atoms with E-state index < -0.39 is 0 Å². The van der Waals surface area contributed by atoms with Crippen molar-refractivity contribution in [1.82, 2.24) is 14.9 Å². The van der Waals surface area contributed by atoms with Crippen molar-refractivity contribution in [2.24, 2.45) is 0 Å². The summed E-state index contributed by atoms with van der Waals surface area (Å²) in [4.78, 5) is 13.9. The predicted octanol–water partition coefficient (Wildman–Crippen LogP) is 3.89. The Morgan fingerprint density at radius 3 is 2.71 bits per heavy atom. The topological polar surface area (TPSA) is 79.5 Å². The van der Waals surface area contributed by atoms with Gasteiger partial charge in [0.15, 0.2) is 0 Å². The Morgan fingerprint density at radius 2 is 1.90 bits per heavy atom. The van der Waals surface area contributed by atoms with Gasteiger partial charge in [-0.05, 0) is 67.9 Å². The smallest absolute Gasteiger partial charge is 0.227 e. The van der Waals surface area contributed by atoms with Gasteiger partial charge in [-0.1, -0.05) is 6.07 Å². The molecular weight excluding hydrogens is 388 g/mol. The number of likely N-dealkylation sites (tertiary alicyclic amines) is 1. The molecule has 0 bridgehead atoms. The average molecular weight is 417 g/mol. The molecule has 0 unspecified atom stereocenters. The van der Waals surface area contributed by atoms with Gasteiger partial charge >= 0.3 is 0 Å². The first-order valence-electron chi connectivity index (χ1n) is 10.8. The second-order valence-electron chi connectivity index (χ2n) is 8.25. The van der Waals surface area contributed by atoms with Crippen LogP contribution in [0.15, 0.2) is 48.7 Å². The van der Waals surface area contributed by atoms with Crippen LogP contribution in [-0.4, -0.2) is 48.2 Å². The highest BCUT2D eigenvalue weighted by atomic mass is 16.5. The molecule has 2 aliphatic rings. The maximum atomic E-state index is 5.98. The molecule has 0 spiro atoms. The highest BCUT2D eigenvalue weighted by Gasteiger charge is 2.22. The van der Waals surface area contributed by atoms with Gasteiger partial charge in [-0.25, -0.2) is 9.97 Å². The summed E-state index contributed by atoms with van der Waals surface area (Å²) in [7, 11) is 2.05. The van der Waals surface area contributed by atoms with Crippen LogP contribution in [0.2, 0.25) is 0 Å². The molecule has 1 saturated heterocycles. The highest BCUT2D eigenvalue weighted by Crippen LogP contribution is 2.38. The first-order valence-corrected chi connectivity index (χ1v) is 10.8. The molecule has 3 aromatic rings. The van der Waals surface area contributed by atoms with E-state index >= 15 is 0 Å². The van der Waals surface area contributed by atoms with E-state index in [1.165, 1.54) is 31.5 Å². The van der Waals surface area contributed by atoms with Crippen molar-refractivity contribution in [3.63, 3.8) is 0 Å². The predicted molar refractivity (Wildman–Crippen MR) is 125 cm³/mol. The van der Waals surface area contributed by atoms with Crippen LogP contribution in [-0.2, 0) is 6.54 Å². The Labute approximate surface area is 182 Å². The number of hydrogen-bond donors (Lipinski definition) is 2. The summed E-state index contributed by atoms with van der Waals surface area (Å²) in [5, 5.41) is 3.31. The minimum Gasteiger partial charge on any atom is -0.492 e. The van der Waals surface area contributed by atoms with E-state index in [0.717, 1.165) is 53.8 Å². The molecule has 0 radical (unpaired) electrons. The molecule has 2 aliphatic heterocycles. The maximum Gasteiger partial charge on any atom is 0.227 e. The molecular formula is C24H28N6O. The van der Waals surface area contributed by atoms with E-state index in [2.05, 4.69) is 20.1 Å². The number of aromatic nitrogens is 2. The number of nitrogens with zero attached hydrogens (tertiary/aromatic N) is 4. The van der Waals surface area contributed by atoms with E-state index in [-0.39, 0.29) is 0 Å².